The molecule has 2 aromatic carbocycles. The van der Waals surface area contributed by atoms with E-state index >= 15 is 0 Å². The predicted octanol–water partition coefficient (Wildman–Crippen LogP) is 4.86. The molecule has 110 valence electrons. The summed E-state index contributed by atoms with van der Waals surface area (Å²) in [4.78, 5) is 0. The van der Waals surface area contributed by atoms with Crippen LogP contribution in [0.15, 0.2) is 42.5 Å². The standard InChI is InChI=1S/C19H22ClN/c1-13-7-8-15-9-10-19(17(15)11-13)21-14(2)12-16-5-3-4-6-18(16)20/h3-8,11,14,19,21H,9-10,12H2,1-2H3. The van der Waals surface area contributed by atoms with E-state index < -0.39 is 0 Å². The van der Waals surface area contributed by atoms with Gasteiger partial charge in [0.05, 0.1) is 0 Å². The lowest BCUT2D eigenvalue weighted by molar-refractivity contribution is 0.451. The van der Waals surface area contributed by atoms with Crippen molar-refractivity contribution in [3.63, 3.8) is 0 Å². The number of fused-ring (bicyclic) bond motifs is 1. The van der Waals surface area contributed by atoms with Gasteiger partial charge in [-0.25, -0.2) is 0 Å². The SMILES string of the molecule is Cc1ccc2c(c1)C(NC(C)Cc1ccccc1Cl)CC2. The Balaban J connectivity index is 1.68. The van der Waals surface area contributed by atoms with Crippen molar-refractivity contribution in [3.05, 3.63) is 69.7 Å². The van der Waals surface area contributed by atoms with Crippen molar-refractivity contribution in [1.82, 2.24) is 5.32 Å². The van der Waals surface area contributed by atoms with Gasteiger partial charge >= 0.3 is 0 Å². The second kappa shape index (κ2) is 6.21. The Morgan fingerprint density at radius 3 is 2.86 bits per heavy atom. The van der Waals surface area contributed by atoms with Crippen LogP contribution in [0.25, 0.3) is 0 Å². The van der Waals surface area contributed by atoms with E-state index in [1.165, 1.54) is 35.1 Å². The second-order valence-corrected chi connectivity index (χ2v) is 6.56. The van der Waals surface area contributed by atoms with Crippen LogP contribution in [0.3, 0.4) is 0 Å². The normalized spacial score (nSPS) is 18.5. The van der Waals surface area contributed by atoms with Gasteiger partial charge in [-0.1, -0.05) is 53.6 Å². The van der Waals surface area contributed by atoms with Crippen LogP contribution in [-0.2, 0) is 12.8 Å². The summed E-state index contributed by atoms with van der Waals surface area (Å²) in [5, 5.41) is 4.65. The molecule has 21 heavy (non-hydrogen) atoms. The van der Waals surface area contributed by atoms with Gasteiger partial charge in [-0.05, 0) is 55.9 Å². The van der Waals surface area contributed by atoms with Crippen LogP contribution in [0.2, 0.25) is 5.02 Å². The minimum absolute atomic E-state index is 0.418. The summed E-state index contributed by atoms with van der Waals surface area (Å²) in [7, 11) is 0. The lowest BCUT2D eigenvalue weighted by Gasteiger charge is -2.21. The Hall–Kier alpha value is -1.31. The smallest absolute Gasteiger partial charge is 0.0438 e. The number of aryl methyl sites for hydroxylation is 2. The van der Waals surface area contributed by atoms with E-state index in [-0.39, 0.29) is 0 Å². The van der Waals surface area contributed by atoms with Crippen molar-refractivity contribution in [2.45, 2.75) is 45.2 Å². The highest BCUT2D eigenvalue weighted by molar-refractivity contribution is 6.31. The molecule has 0 aliphatic heterocycles. The quantitative estimate of drug-likeness (QED) is 0.850. The molecule has 0 fully saturated rings. The molecule has 0 radical (unpaired) electrons. The number of hydrogen-bond acceptors (Lipinski definition) is 1. The lowest BCUT2D eigenvalue weighted by Crippen LogP contribution is -2.31. The molecular formula is C19H22ClN. The van der Waals surface area contributed by atoms with Crippen LogP contribution in [0.5, 0.6) is 0 Å². The Kier molecular flexibility index (Phi) is 4.32. The average molecular weight is 300 g/mol. The zero-order valence-electron chi connectivity index (χ0n) is 12.7. The maximum absolute atomic E-state index is 6.26. The molecule has 2 unspecified atom stereocenters. The first-order chi connectivity index (χ1) is 10.1. The molecule has 3 rings (SSSR count). The fourth-order valence-corrected chi connectivity index (χ4v) is 3.50. The third-order valence-electron chi connectivity index (χ3n) is 4.35. The molecule has 0 saturated heterocycles. The molecule has 0 bridgehead atoms. The fourth-order valence-electron chi connectivity index (χ4n) is 3.29. The molecular weight excluding hydrogens is 278 g/mol. The number of rotatable bonds is 4. The Morgan fingerprint density at radius 2 is 2.05 bits per heavy atom. The van der Waals surface area contributed by atoms with Crippen LogP contribution in [0.4, 0.5) is 0 Å². The van der Waals surface area contributed by atoms with Gasteiger partial charge < -0.3 is 5.32 Å². The predicted molar refractivity (Wildman–Crippen MR) is 90.0 cm³/mol. The van der Waals surface area contributed by atoms with Crippen LogP contribution >= 0.6 is 11.6 Å². The Morgan fingerprint density at radius 1 is 1.24 bits per heavy atom. The summed E-state index contributed by atoms with van der Waals surface area (Å²) < 4.78 is 0. The maximum atomic E-state index is 6.26. The van der Waals surface area contributed by atoms with E-state index in [1.807, 2.05) is 12.1 Å². The number of hydrogen-bond donors (Lipinski definition) is 1. The number of halogens is 1. The zero-order valence-corrected chi connectivity index (χ0v) is 13.5. The van der Waals surface area contributed by atoms with Gasteiger partial charge in [0.15, 0.2) is 0 Å². The summed E-state index contributed by atoms with van der Waals surface area (Å²) in [6, 6.07) is 15.9. The van der Waals surface area contributed by atoms with Crippen molar-refractivity contribution in [2.75, 3.05) is 0 Å². The van der Waals surface area contributed by atoms with Gasteiger partial charge in [-0.15, -0.1) is 0 Å². The van der Waals surface area contributed by atoms with E-state index in [0.29, 0.717) is 12.1 Å². The first kappa shape index (κ1) is 14.6. The van der Waals surface area contributed by atoms with E-state index in [9.17, 15) is 0 Å². The van der Waals surface area contributed by atoms with Crippen LogP contribution in [-0.4, -0.2) is 6.04 Å². The summed E-state index contributed by atoms with van der Waals surface area (Å²) >= 11 is 6.26. The van der Waals surface area contributed by atoms with Crippen molar-refractivity contribution in [3.8, 4) is 0 Å². The van der Waals surface area contributed by atoms with Gasteiger partial charge in [-0.2, -0.15) is 0 Å². The number of benzene rings is 2. The second-order valence-electron chi connectivity index (χ2n) is 6.16. The first-order valence-corrected chi connectivity index (χ1v) is 8.10. The summed E-state index contributed by atoms with van der Waals surface area (Å²) in [5.41, 5.74) is 5.56. The molecule has 2 aromatic rings. The third-order valence-corrected chi connectivity index (χ3v) is 4.72. The molecule has 2 atom stereocenters. The largest absolute Gasteiger partial charge is 0.307 e. The van der Waals surface area contributed by atoms with E-state index in [0.717, 1.165) is 11.4 Å². The maximum Gasteiger partial charge on any atom is 0.0438 e. The zero-order chi connectivity index (χ0) is 14.8. The molecule has 2 heteroatoms. The topological polar surface area (TPSA) is 12.0 Å². The van der Waals surface area contributed by atoms with Gasteiger partial charge in [0.25, 0.3) is 0 Å². The highest BCUT2D eigenvalue weighted by Gasteiger charge is 2.23. The Bertz CT molecular complexity index is 635. The first-order valence-electron chi connectivity index (χ1n) is 7.72. The average Bonchev–Trinajstić information content (AvgIpc) is 2.84. The van der Waals surface area contributed by atoms with Gasteiger partial charge in [0.2, 0.25) is 0 Å². The third kappa shape index (κ3) is 3.30. The van der Waals surface area contributed by atoms with Crippen molar-refractivity contribution in [2.24, 2.45) is 0 Å². The molecule has 0 spiro atoms. The minimum atomic E-state index is 0.418. The summed E-state index contributed by atoms with van der Waals surface area (Å²) in [6.45, 7) is 4.42. The fraction of sp³-hybridized carbons (Fsp3) is 0.368. The molecule has 1 N–H and O–H groups in total. The van der Waals surface area contributed by atoms with Crippen molar-refractivity contribution in [1.29, 1.82) is 0 Å². The van der Waals surface area contributed by atoms with Crippen LogP contribution in [0.1, 0.15) is 41.6 Å². The molecule has 1 aliphatic carbocycles. The van der Waals surface area contributed by atoms with E-state index in [4.69, 9.17) is 11.6 Å². The van der Waals surface area contributed by atoms with Gasteiger partial charge in [-0.3, -0.25) is 0 Å². The van der Waals surface area contributed by atoms with Crippen molar-refractivity contribution >= 4 is 11.6 Å². The molecule has 0 aromatic heterocycles. The highest BCUT2D eigenvalue weighted by atomic mass is 35.5. The Labute approximate surface area is 132 Å². The van der Waals surface area contributed by atoms with Gasteiger partial charge in [0, 0.05) is 17.1 Å². The molecule has 1 nitrogen and oxygen atoms in total. The number of nitrogens with one attached hydrogen (secondary N) is 1. The van der Waals surface area contributed by atoms with Crippen molar-refractivity contribution < 1.29 is 0 Å². The molecule has 0 amide bonds. The molecule has 1 aliphatic rings. The van der Waals surface area contributed by atoms with E-state index in [1.54, 1.807) is 0 Å². The van der Waals surface area contributed by atoms with E-state index in [2.05, 4.69) is 49.5 Å². The van der Waals surface area contributed by atoms with Gasteiger partial charge in [0.1, 0.15) is 0 Å². The molecule has 0 saturated carbocycles. The minimum Gasteiger partial charge on any atom is -0.307 e. The monoisotopic (exact) mass is 299 g/mol. The summed E-state index contributed by atoms with van der Waals surface area (Å²) in [5.74, 6) is 0. The van der Waals surface area contributed by atoms with Crippen LogP contribution in [0, 0.1) is 6.92 Å². The molecule has 0 heterocycles. The van der Waals surface area contributed by atoms with Crippen LogP contribution < -0.4 is 5.32 Å². The highest BCUT2D eigenvalue weighted by Crippen LogP contribution is 2.32. The summed E-state index contributed by atoms with van der Waals surface area (Å²) in [6.07, 6.45) is 3.36. The lowest BCUT2D eigenvalue weighted by atomic mass is 10.0.